The lowest BCUT2D eigenvalue weighted by atomic mass is 9.92. The van der Waals surface area contributed by atoms with Crippen LogP contribution in [0.15, 0.2) is 0 Å². The number of unbranched alkanes of at least 4 members (excludes halogenated alkanes) is 6. The average molecular weight is 523 g/mol. The van der Waals surface area contributed by atoms with Gasteiger partial charge in [-0.15, -0.1) is 0 Å². The lowest BCUT2D eigenvalue weighted by molar-refractivity contribution is -0.239. The van der Waals surface area contributed by atoms with Gasteiger partial charge in [-0.2, -0.15) is 0 Å². The molecule has 0 aromatic heterocycles. The molecule has 7 N–H and O–H groups in total. The molecule has 0 radical (unpaired) electrons. The van der Waals surface area contributed by atoms with Crippen molar-refractivity contribution in [2.45, 2.75) is 126 Å². The van der Waals surface area contributed by atoms with E-state index in [0.29, 0.717) is 6.42 Å². The van der Waals surface area contributed by atoms with E-state index in [0.717, 1.165) is 19.3 Å². The van der Waals surface area contributed by atoms with Crippen LogP contribution < -0.4 is 0 Å². The minimum atomic E-state index is -1.67. The topological polar surface area (TPSA) is 186 Å². The quantitative estimate of drug-likeness (QED) is 0.118. The van der Waals surface area contributed by atoms with Crippen molar-refractivity contribution in [3.05, 3.63) is 0 Å². The van der Waals surface area contributed by atoms with Gasteiger partial charge in [0, 0.05) is 12.8 Å². The maximum absolute atomic E-state index is 12.3. The second kappa shape index (κ2) is 15.6. The lowest BCUT2D eigenvalue weighted by Gasteiger charge is -2.41. The second-order valence-corrected chi connectivity index (χ2v) is 10.1. The molecule has 11 heteroatoms. The Labute approximate surface area is 213 Å². The second-order valence-electron chi connectivity index (χ2n) is 10.1. The monoisotopic (exact) mass is 522 g/mol. The van der Waals surface area contributed by atoms with Gasteiger partial charge in [-0.3, -0.25) is 4.79 Å². The first-order valence-electron chi connectivity index (χ1n) is 13.3. The molecule has 9 atom stereocenters. The molecule has 2 fully saturated rings. The minimum absolute atomic E-state index is 0.0574. The summed E-state index contributed by atoms with van der Waals surface area (Å²) in [5.41, 5.74) is -1.67. The Kier molecular flexibility index (Phi) is 13.7. The van der Waals surface area contributed by atoms with Crippen LogP contribution in [-0.4, -0.2) is 122 Å². The average Bonchev–Trinajstić information content (AvgIpc) is 3.12. The van der Waals surface area contributed by atoms with Gasteiger partial charge < -0.3 is 50.0 Å². The first kappa shape index (κ1) is 31.5. The number of hydrogen-bond acceptors (Lipinski definition) is 11. The highest BCUT2D eigenvalue weighted by atomic mass is 16.6. The number of aliphatic hydroxyl groups is 7. The number of rotatable bonds is 17. The van der Waals surface area contributed by atoms with E-state index in [9.17, 15) is 40.5 Å². The SMILES string of the molecule is CCCCCCCCCC(=O)CCC1O[C@H](COC[C@@]2(CO)O[C@@H](CO)[C@@H](O)C2O)C(O)[C@@H](O)[C@H]1O. The van der Waals surface area contributed by atoms with Gasteiger partial charge >= 0.3 is 0 Å². The Morgan fingerprint density at radius 1 is 0.806 bits per heavy atom. The molecule has 0 aliphatic carbocycles. The Bertz CT molecular complexity index is 635. The van der Waals surface area contributed by atoms with E-state index in [1.807, 2.05) is 0 Å². The first-order valence-corrected chi connectivity index (χ1v) is 13.3. The van der Waals surface area contributed by atoms with Crippen LogP contribution in [0.25, 0.3) is 0 Å². The number of carbonyl (C=O) groups excluding carboxylic acids is 1. The van der Waals surface area contributed by atoms with Crippen molar-refractivity contribution >= 4 is 5.78 Å². The summed E-state index contributed by atoms with van der Waals surface area (Å²) in [6.07, 6.45) is -1.67. The molecule has 2 saturated heterocycles. The zero-order chi connectivity index (χ0) is 26.7. The van der Waals surface area contributed by atoms with Crippen LogP contribution in [0.1, 0.15) is 71.1 Å². The molecule has 2 aliphatic heterocycles. The standard InChI is InChI=1S/C25H46O11/c1-2-3-4-5-6-7-8-9-16(28)10-11-17-20(29)23(32)21(30)19(35-17)13-34-15-25(14-27)24(33)22(31)18(12-26)36-25/h17-24,26-27,29-33H,2-15H2,1H3/t17?,18-,19+,20-,21?,22+,23-,24?,25+/m0/s1. The van der Waals surface area contributed by atoms with Gasteiger partial charge in [-0.05, 0) is 12.8 Å². The van der Waals surface area contributed by atoms with Gasteiger partial charge in [0.05, 0.1) is 32.5 Å². The van der Waals surface area contributed by atoms with E-state index >= 15 is 0 Å². The summed E-state index contributed by atoms with van der Waals surface area (Å²) in [4.78, 5) is 12.3. The molecule has 36 heavy (non-hydrogen) atoms. The Hall–Kier alpha value is -0.730. The summed E-state index contributed by atoms with van der Waals surface area (Å²) in [5, 5.41) is 70.2. The van der Waals surface area contributed by atoms with Gasteiger partial charge in [0.25, 0.3) is 0 Å². The maximum atomic E-state index is 12.3. The van der Waals surface area contributed by atoms with Crippen LogP contribution in [0.5, 0.6) is 0 Å². The van der Waals surface area contributed by atoms with Crippen molar-refractivity contribution in [2.75, 3.05) is 26.4 Å². The number of ether oxygens (including phenoxy) is 3. The van der Waals surface area contributed by atoms with Crippen LogP contribution in [0.4, 0.5) is 0 Å². The maximum Gasteiger partial charge on any atom is 0.143 e. The fraction of sp³-hybridized carbons (Fsp3) is 0.960. The molecule has 2 heterocycles. The minimum Gasteiger partial charge on any atom is -0.394 e. The van der Waals surface area contributed by atoms with Gasteiger partial charge in [-0.1, -0.05) is 45.4 Å². The summed E-state index contributed by atoms with van der Waals surface area (Å²) >= 11 is 0. The third kappa shape index (κ3) is 8.39. The molecule has 0 saturated carbocycles. The van der Waals surface area contributed by atoms with E-state index in [1.54, 1.807) is 0 Å². The fourth-order valence-electron chi connectivity index (χ4n) is 4.86. The van der Waals surface area contributed by atoms with Crippen molar-refractivity contribution in [3.63, 3.8) is 0 Å². The molecule has 212 valence electrons. The van der Waals surface area contributed by atoms with Gasteiger partial charge in [0.15, 0.2) is 0 Å². The molecule has 3 unspecified atom stereocenters. The van der Waals surface area contributed by atoms with E-state index in [2.05, 4.69) is 6.92 Å². The van der Waals surface area contributed by atoms with E-state index < -0.39 is 67.6 Å². The number of ketones is 1. The largest absolute Gasteiger partial charge is 0.394 e. The van der Waals surface area contributed by atoms with Crippen molar-refractivity contribution in [2.24, 2.45) is 0 Å². The molecule has 2 aliphatic rings. The number of Topliss-reactive ketones (excluding diaryl/α,β-unsaturated/α-hetero) is 1. The first-order chi connectivity index (χ1) is 17.2. The zero-order valence-corrected chi connectivity index (χ0v) is 21.3. The zero-order valence-electron chi connectivity index (χ0n) is 21.3. The number of carbonyl (C=O) groups is 1. The van der Waals surface area contributed by atoms with Gasteiger partial charge in [-0.25, -0.2) is 0 Å². The molecule has 11 nitrogen and oxygen atoms in total. The molecule has 0 bridgehead atoms. The van der Waals surface area contributed by atoms with Crippen LogP contribution in [0, 0.1) is 0 Å². The Morgan fingerprint density at radius 3 is 2.06 bits per heavy atom. The Balaban J connectivity index is 1.78. The highest BCUT2D eigenvalue weighted by Gasteiger charge is 2.54. The summed E-state index contributed by atoms with van der Waals surface area (Å²) < 4.78 is 16.7. The van der Waals surface area contributed by atoms with Crippen LogP contribution in [0.2, 0.25) is 0 Å². The van der Waals surface area contributed by atoms with Crippen LogP contribution >= 0.6 is 0 Å². The summed E-state index contributed by atoms with van der Waals surface area (Å²) in [7, 11) is 0. The normalized spacial score (nSPS) is 36.9. The van der Waals surface area contributed by atoms with Crippen LogP contribution in [-0.2, 0) is 19.0 Å². The Morgan fingerprint density at radius 2 is 1.44 bits per heavy atom. The molecular weight excluding hydrogens is 476 g/mol. The highest BCUT2D eigenvalue weighted by molar-refractivity contribution is 5.78. The third-order valence-electron chi connectivity index (χ3n) is 7.28. The highest BCUT2D eigenvalue weighted by Crippen LogP contribution is 2.32. The third-order valence-corrected chi connectivity index (χ3v) is 7.28. The summed E-state index contributed by atoms with van der Waals surface area (Å²) in [6.45, 7) is 0.258. The fourth-order valence-corrected chi connectivity index (χ4v) is 4.86. The number of hydrogen-bond donors (Lipinski definition) is 7. The van der Waals surface area contributed by atoms with E-state index in [-0.39, 0.29) is 31.8 Å². The molecule has 0 spiro atoms. The molecule has 2 rings (SSSR count). The molecule has 0 aromatic rings. The molecule has 0 aromatic carbocycles. The van der Waals surface area contributed by atoms with Crippen LogP contribution in [0.3, 0.4) is 0 Å². The predicted molar refractivity (Wildman–Crippen MR) is 128 cm³/mol. The summed E-state index contributed by atoms with van der Waals surface area (Å²) in [6, 6.07) is 0. The van der Waals surface area contributed by atoms with Crippen molar-refractivity contribution in [1.82, 2.24) is 0 Å². The lowest BCUT2D eigenvalue weighted by Crippen LogP contribution is -2.59. The van der Waals surface area contributed by atoms with Gasteiger partial charge in [0.2, 0.25) is 0 Å². The molecular formula is C25H46O11. The summed E-state index contributed by atoms with van der Waals surface area (Å²) in [5.74, 6) is 0.0574. The van der Waals surface area contributed by atoms with Crippen molar-refractivity contribution in [3.8, 4) is 0 Å². The smallest absolute Gasteiger partial charge is 0.143 e. The van der Waals surface area contributed by atoms with E-state index in [4.69, 9.17) is 14.2 Å². The van der Waals surface area contributed by atoms with Gasteiger partial charge in [0.1, 0.15) is 54.1 Å². The van der Waals surface area contributed by atoms with E-state index in [1.165, 1.54) is 25.7 Å². The molecule has 0 amide bonds. The van der Waals surface area contributed by atoms with Crippen molar-refractivity contribution < 1.29 is 54.8 Å². The number of aliphatic hydroxyl groups excluding tert-OH is 7. The predicted octanol–water partition coefficient (Wildman–Crippen LogP) is -0.813. The van der Waals surface area contributed by atoms with Crippen molar-refractivity contribution in [1.29, 1.82) is 0 Å².